The summed E-state index contributed by atoms with van der Waals surface area (Å²) in [5.41, 5.74) is 9.55. The number of hydrogen-bond acceptors (Lipinski definition) is 4. The second-order valence-corrected chi connectivity index (χ2v) is 5.96. The van der Waals surface area contributed by atoms with Gasteiger partial charge in [-0.3, -0.25) is 4.79 Å². The summed E-state index contributed by atoms with van der Waals surface area (Å²) in [4.78, 5) is 20.9. The van der Waals surface area contributed by atoms with E-state index in [9.17, 15) is 19.8 Å². The molecule has 130 valence electrons. The fourth-order valence-electron chi connectivity index (χ4n) is 2.27. The molecule has 2 atom stereocenters. The average molecular weight is 324 g/mol. The summed E-state index contributed by atoms with van der Waals surface area (Å²) in [5, 5.41) is 19.6. The van der Waals surface area contributed by atoms with Gasteiger partial charge in [0.05, 0.1) is 0 Å². The number of benzene rings is 1. The van der Waals surface area contributed by atoms with Crippen molar-refractivity contribution in [2.75, 3.05) is 6.54 Å². The van der Waals surface area contributed by atoms with Crippen molar-refractivity contribution in [2.45, 2.75) is 39.2 Å². The van der Waals surface area contributed by atoms with Crippen molar-refractivity contribution in [3.63, 3.8) is 0 Å². The molecule has 1 aromatic carbocycles. The monoisotopic (exact) mass is 324 g/mol. The van der Waals surface area contributed by atoms with Crippen molar-refractivity contribution in [3.05, 3.63) is 35.9 Å². The number of carbonyl (C=O) groups excluding carboxylic acids is 2. The molecule has 0 spiro atoms. The Morgan fingerprint density at radius 3 is 2.17 bits per heavy atom. The van der Waals surface area contributed by atoms with Gasteiger partial charge in [-0.25, -0.2) is 0 Å². The summed E-state index contributed by atoms with van der Waals surface area (Å²) < 4.78 is 0. The predicted octanol–water partition coefficient (Wildman–Crippen LogP) is -0.374. The van der Waals surface area contributed by atoms with Crippen LogP contribution in [0.15, 0.2) is 30.3 Å². The molecule has 0 aromatic heterocycles. The van der Waals surface area contributed by atoms with E-state index < -0.39 is 18.0 Å². The molecule has 23 heavy (non-hydrogen) atoms. The van der Waals surface area contributed by atoms with E-state index in [1.807, 2.05) is 44.2 Å². The Balaban J connectivity index is 0.000000433. The fourth-order valence-corrected chi connectivity index (χ4v) is 2.27. The van der Waals surface area contributed by atoms with E-state index in [2.05, 4.69) is 5.73 Å². The Bertz CT molecular complexity index is 447. The molecule has 0 fully saturated rings. The third-order valence-electron chi connectivity index (χ3n) is 3.21. The number of rotatable bonds is 8. The zero-order chi connectivity index (χ0) is 17.8. The lowest BCUT2D eigenvalue weighted by atomic mass is 9.91. The molecular formula is C17H28N2O4. The smallest absolute Gasteiger partial charge is 0.217 e. The first-order valence-corrected chi connectivity index (χ1v) is 7.76. The minimum Gasteiger partial charge on any atom is -0.550 e. The van der Waals surface area contributed by atoms with Gasteiger partial charge in [0.15, 0.2) is 0 Å². The van der Waals surface area contributed by atoms with E-state index in [0.717, 1.165) is 5.56 Å². The molecule has 6 N–H and O–H groups in total. The third kappa shape index (κ3) is 11.3. The molecule has 1 amide bonds. The number of amides is 1. The van der Waals surface area contributed by atoms with Gasteiger partial charge >= 0.3 is 0 Å². The van der Waals surface area contributed by atoms with Gasteiger partial charge in [-0.05, 0) is 30.2 Å². The number of aliphatic carboxylic acids is 1. The lowest BCUT2D eigenvalue weighted by Crippen LogP contribution is -2.52. The van der Waals surface area contributed by atoms with Crippen LogP contribution in [-0.2, 0) is 9.59 Å². The van der Waals surface area contributed by atoms with Crippen LogP contribution in [0.1, 0.15) is 44.8 Å². The van der Waals surface area contributed by atoms with Crippen LogP contribution in [-0.4, -0.2) is 23.5 Å². The van der Waals surface area contributed by atoms with Gasteiger partial charge in [0.25, 0.3) is 0 Å². The molecule has 0 saturated carbocycles. The second kappa shape index (κ2) is 11.6. The SMILES string of the molecule is CC(C)C[C@H](CC(N)=O)CC(=O)[O-].[NH3+]C[C@@H](O)c1ccccc1. The molecular weight excluding hydrogens is 296 g/mol. The Labute approximate surface area is 137 Å². The minimum atomic E-state index is -1.12. The number of primary amides is 1. The topological polar surface area (TPSA) is 131 Å². The number of aliphatic hydroxyl groups is 1. The highest BCUT2D eigenvalue weighted by Gasteiger charge is 2.13. The first-order chi connectivity index (χ1) is 10.8. The standard InChI is InChI=1S/C9H17NO3.C8H11NO/c1-6(2)3-7(4-8(10)11)5-9(12)13;9-6-8(10)7-4-2-1-3-5-7/h6-7H,3-5H2,1-2H3,(H2,10,11)(H,12,13);1-5,8,10H,6,9H2/t7-;8-/m11/s1. The van der Waals surface area contributed by atoms with E-state index >= 15 is 0 Å². The number of aliphatic hydroxyl groups excluding tert-OH is 1. The quantitative estimate of drug-likeness (QED) is 0.601. The van der Waals surface area contributed by atoms with Crippen LogP contribution in [0.25, 0.3) is 0 Å². The van der Waals surface area contributed by atoms with E-state index in [0.29, 0.717) is 18.9 Å². The molecule has 0 bridgehead atoms. The van der Waals surface area contributed by atoms with E-state index in [1.165, 1.54) is 0 Å². The van der Waals surface area contributed by atoms with Crippen LogP contribution in [0, 0.1) is 11.8 Å². The zero-order valence-electron chi connectivity index (χ0n) is 13.9. The van der Waals surface area contributed by atoms with Crippen molar-refractivity contribution in [1.29, 1.82) is 0 Å². The van der Waals surface area contributed by atoms with Crippen molar-refractivity contribution in [3.8, 4) is 0 Å². The molecule has 0 aliphatic carbocycles. The van der Waals surface area contributed by atoms with Crippen LogP contribution < -0.4 is 16.6 Å². The van der Waals surface area contributed by atoms with Gasteiger partial charge in [-0.1, -0.05) is 44.2 Å². The van der Waals surface area contributed by atoms with Gasteiger partial charge < -0.3 is 26.5 Å². The van der Waals surface area contributed by atoms with Crippen molar-refractivity contribution >= 4 is 11.9 Å². The number of nitrogens with two attached hydrogens (primary N) is 1. The average Bonchev–Trinajstić information content (AvgIpc) is 2.46. The number of carboxylic acid groups (broad SMARTS) is 1. The molecule has 1 aromatic rings. The summed E-state index contributed by atoms with van der Waals surface area (Å²) in [6.45, 7) is 4.48. The zero-order valence-corrected chi connectivity index (χ0v) is 13.9. The van der Waals surface area contributed by atoms with Crippen molar-refractivity contribution in [1.82, 2.24) is 0 Å². The highest BCUT2D eigenvalue weighted by Crippen LogP contribution is 2.18. The summed E-state index contributed by atoms with van der Waals surface area (Å²) >= 11 is 0. The molecule has 1 rings (SSSR count). The summed E-state index contributed by atoms with van der Waals surface area (Å²) in [7, 11) is 0. The third-order valence-corrected chi connectivity index (χ3v) is 3.21. The van der Waals surface area contributed by atoms with Gasteiger partial charge in [0.2, 0.25) is 5.91 Å². The number of quaternary nitrogens is 1. The van der Waals surface area contributed by atoms with Crippen molar-refractivity contribution in [2.24, 2.45) is 17.6 Å². The van der Waals surface area contributed by atoms with Gasteiger partial charge in [0, 0.05) is 12.4 Å². The Morgan fingerprint density at radius 1 is 1.22 bits per heavy atom. The maximum atomic E-state index is 10.6. The van der Waals surface area contributed by atoms with Gasteiger partial charge in [0.1, 0.15) is 12.6 Å². The Kier molecular flexibility index (Phi) is 10.7. The number of hydrogen-bond donors (Lipinski definition) is 3. The van der Waals surface area contributed by atoms with Gasteiger partial charge in [-0.2, -0.15) is 0 Å². The summed E-state index contributed by atoms with van der Waals surface area (Å²) in [5.74, 6) is -1.38. The molecule has 0 aliphatic heterocycles. The lowest BCUT2D eigenvalue weighted by Gasteiger charge is -2.17. The fraction of sp³-hybridized carbons (Fsp3) is 0.529. The first-order valence-electron chi connectivity index (χ1n) is 7.76. The molecule has 0 aliphatic rings. The maximum Gasteiger partial charge on any atom is 0.217 e. The lowest BCUT2D eigenvalue weighted by molar-refractivity contribution is -0.385. The molecule has 0 radical (unpaired) electrons. The summed E-state index contributed by atoms with van der Waals surface area (Å²) in [6.07, 6.45) is 0.339. The van der Waals surface area contributed by atoms with Crippen LogP contribution >= 0.6 is 0 Å². The van der Waals surface area contributed by atoms with Crippen LogP contribution in [0.2, 0.25) is 0 Å². The minimum absolute atomic E-state index is 0.0822. The Morgan fingerprint density at radius 2 is 1.78 bits per heavy atom. The maximum absolute atomic E-state index is 10.6. The van der Waals surface area contributed by atoms with E-state index in [4.69, 9.17) is 5.73 Å². The number of carbonyl (C=O) groups is 2. The molecule has 6 nitrogen and oxygen atoms in total. The molecule has 0 unspecified atom stereocenters. The normalized spacial score (nSPS) is 12.9. The Hall–Kier alpha value is -1.92. The van der Waals surface area contributed by atoms with E-state index in [-0.39, 0.29) is 18.8 Å². The molecule has 0 saturated heterocycles. The van der Waals surface area contributed by atoms with E-state index in [1.54, 1.807) is 0 Å². The van der Waals surface area contributed by atoms with Crippen LogP contribution in [0.3, 0.4) is 0 Å². The van der Waals surface area contributed by atoms with Gasteiger partial charge in [-0.15, -0.1) is 0 Å². The first kappa shape index (κ1) is 21.1. The van der Waals surface area contributed by atoms with Crippen molar-refractivity contribution < 1.29 is 25.5 Å². The predicted molar refractivity (Wildman–Crippen MR) is 85.5 cm³/mol. The number of carboxylic acids is 1. The highest BCUT2D eigenvalue weighted by molar-refractivity contribution is 5.75. The molecule has 0 heterocycles. The second-order valence-electron chi connectivity index (χ2n) is 5.96. The largest absolute Gasteiger partial charge is 0.550 e. The van der Waals surface area contributed by atoms with Crippen LogP contribution in [0.4, 0.5) is 0 Å². The molecule has 6 heteroatoms. The summed E-state index contributed by atoms with van der Waals surface area (Å²) in [6, 6.07) is 9.55. The van der Waals surface area contributed by atoms with Crippen LogP contribution in [0.5, 0.6) is 0 Å². The highest BCUT2D eigenvalue weighted by atomic mass is 16.4.